The Hall–Kier alpha value is -1.42. The summed E-state index contributed by atoms with van der Waals surface area (Å²) in [6, 6.07) is 7.36. The van der Waals surface area contributed by atoms with E-state index < -0.39 is 6.10 Å². The Morgan fingerprint density at radius 2 is 2.22 bits per heavy atom. The lowest BCUT2D eigenvalue weighted by Crippen LogP contribution is -2.47. The van der Waals surface area contributed by atoms with Gasteiger partial charge in [0.25, 0.3) is 5.91 Å². The largest absolute Gasteiger partial charge is 0.485 e. The molecule has 1 aromatic rings. The highest BCUT2D eigenvalue weighted by atomic mass is 35.5. The van der Waals surface area contributed by atoms with Gasteiger partial charge in [-0.15, -0.1) is 11.6 Å². The lowest BCUT2D eigenvalue weighted by Gasteiger charge is -2.26. The van der Waals surface area contributed by atoms with Crippen LogP contribution in [0.2, 0.25) is 0 Å². The predicted octanol–water partition coefficient (Wildman–Crippen LogP) is 1.96. The fourth-order valence-corrected chi connectivity index (χ4v) is 2.05. The highest BCUT2D eigenvalue weighted by molar-refractivity contribution is 6.17. The maximum absolute atomic E-state index is 11.9. The molecule has 0 saturated heterocycles. The molecule has 0 aromatic heterocycles. The number of amides is 1. The van der Waals surface area contributed by atoms with Crippen molar-refractivity contribution in [3.63, 3.8) is 0 Å². The van der Waals surface area contributed by atoms with Gasteiger partial charge in [-0.3, -0.25) is 4.79 Å². The van der Waals surface area contributed by atoms with Crippen molar-refractivity contribution in [1.82, 2.24) is 5.32 Å². The number of hydrogen-bond donors (Lipinski definition) is 1. The predicted molar refractivity (Wildman–Crippen MR) is 69.3 cm³/mol. The van der Waals surface area contributed by atoms with Crippen LogP contribution < -0.4 is 14.8 Å². The molecular weight excluding hydrogens is 254 g/mol. The summed E-state index contributed by atoms with van der Waals surface area (Å²) < 4.78 is 11.1. The number of rotatable bonds is 4. The zero-order valence-electron chi connectivity index (χ0n) is 10.2. The molecule has 4 nitrogen and oxygen atoms in total. The summed E-state index contributed by atoms with van der Waals surface area (Å²) in [5.74, 6) is 1.64. The Balaban J connectivity index is 1.94. The van der Waals surface area contributed by atoms with Gasteiger partial charge in [0.1, 0.15) is 6.61 Å². The van der Waals surface area contributed by atoms with Crippen LogP contribution in [0.1, 0.15) is 13.3 Å². The van der Waals surface area contributed by atoms with E-state index >= 15 is 0 Å². The Labute approximate surface area is 111 Å². The molecule has 2 unspecified atom stereocenters. The monoisotopic (exact) mass is 269 g/mol. The number of benzene rings is 1. The third kappa shape index (κ3) is 3.07. The average Bonchev–Trinajstić information content (AvgIpc) is 2.38. The van der Waals surface area contributed by atoms with E-state index in [1.807, 2.05) is 25.1 Å². The van der Waals surface area contributed by atoms with E-state index in [1.54, 1.807) is 6.07 Å². The first-order valence-electron chi connectivity index (χ1n) is 5.95. The fraction of sp³-hybridized carbons (Fsp3) is 0.462. The number of carbonyl (C=O) groups is 1. The molecule has 5 heteroatoms. The molecule has 0 saturated carbocycles. The smallest absolute Gasteiger partial charge is 0.264 e. The zero-order valence-corrected chi connectivity index (χ0v) is 10.9. The molecule has 2 atom stereocenters. The Morgan fingerprint density at radius 1 is 1.50 bits per heavy atom. The highest BCUT2D eigenvalue weighted by Gasteiger charge is 2.27. The van der Waals surface area contributed by atoms with Gasteiger partial charge in [0, 0.05) is 11.9 Å². The molecule has 0 spiro atoms. The van der Waals surface area contributed by atoms with Crippen LogP contribution in [0.3, 0.4) is 0 Å². The summed E-state index contributed by atoms with van der Waals surface area (Å²) >= 11 is 5.63. The maximum atomic E-state index is 11.9. The van der Waals surface area contributed by atoms with Crippen molar-refractivity contribution in [3.05, 3.63) is 24.3 Å². The van der Waals surface area contributed by atoms with Crippen molar-refractivity contribution in [2.75, 3.05) is 12.5 Å². The van der Waals surface area contributed by atoms with Gasteiger partial charge < -0.3 is 14.8 Å². The van der Waals surface area contributed by atoms with E-state index in [4.69, 9.17) is 21.1 Å². The van der Waals surface area contributed by atoms with Crippen molar-refractivity contribution in [1.29, 1.82) is 0 Å². The minimum absolute atomic E-state index is 0.0378. The quantitative estimate of drug-likeness (QED) is 0.850. The number of nitrogens with one attached hydrogen (secondary N) is 1. The fourth-order valence-electron chi connectivity index (χ4n) is 1.72. The van der Waals surface area contributed by atoms with Crippen LogP contribution in [-0.4, -0.2) is 30.5 Å². The number of ether oxygens (including phenoxy) is 2. The molecule has 0 aliphatic carbocycles. The second-order valence-electron chi connectivity index (χ2n) is 4.25. The van der Waals surface area contributed by atoms with E-state index in [9.17, 15) is 4.79 Å². The summed E-state index contributed by atoms with van der Waals surface area (Å²) in [7, 11) is 0. The minimum atomic E-state index is -0.599. The van der Waals surface area contributed by atoms with Crippen molar-refractivity contribution in [2.45, 2.75) is 25.5 Å². The molecule has 1 aliphatic rings. The lowest BCUT2D eigenvalue weighted by atomic mass is 10.2. The molecule has 98 valence electrons. The number of alkyl halides is 1. The number of fused-ring (bicyclic) bond motifs is 1. The van der Waals surface area contributed by atoms with Crippen molar-refractivity contribution < 1.29 is 14.3 Å². The Morgan fingerprint density at radius 3 is 2.94 bits per heavy atom. The molecule has 1 heterocycles. The molecule has 2 rings (SSSR count). The Bertz CT molecular complexity index is 424. The zero-order chi connectivity index (χ0) is 13.0. The van der Waals surface area contributed by atoms with Gasteiger partial charge in [0.2, 0.25) is 6.10 Å². The van der Waals surface area contributed by atoms with Crippen LogP contribution in [0.15, 0.2) is 24.3 Å². The van der Waals surface area contributed by atoms with Gasteiger partial charge in [0.15, 0.2) is 11.5 Å². The van der Waals surface area contributed by atoms with Crippen LogP contribution >= 0.6 is 11.6 Å². The third-order valence-electron chi connectivity index (χ3n) is 2.73. The van der Waals surface area contributed by atoms with Gasteiger partial charge in [-0.25, -0.2) is 0 Å². The first-order chi connectivity index (χ1) is 8.70. The van der Waals surface area contributed by atoms with Crippen LogP contribution in [0.25, 0.3) is 0 Å². The molecular formula is C13H16ClNO3. The van der Waals surface area contributed by atoms with Gasteiger partial charge in [-0.1, -0.05) is 12.1 Å². The summed E-state index contributed by atoms with van der Waals surface area (Å²) in [6.45, 7) is 2.15. The molecule has 1 aromatic carbocycles. The Kier molecular flexibility index (Phi) is 4.31. The van der Waals surface area contributed by atoms with Crippen molar-refractivity contribution in [3.8, 4) is 11.5 Å². The van der Waals surface area contributed by atoms with E-state index in [2.05, 4.69) is 5.32 Å². The van der Waals surface area contributed by atoms with Gasteiger partial charge >= 0.3 is 0 Å². The normalized spacial score (nSPS) is 19.1. The average molecular weight is 270 g/mol. The summed E-state index contributed by atoms with van der Waals surface area (Å²) in [5.41, 5.74) is 0. The molecule has 0 fully saturated rings. The number of halogens is 1. The van der Waals surface area contributed by atoms with E-state index in [1.165, 1.54) is 0 Å². The molecule has 1 amide bonds. The topological polar surface area (TPSA) is 47.6 Å². The van der Waals surface area contributed by atoms with Gasteiger partial charge in [0.05, 0.1) is 0 Å². The van der Waals surface area contributed by atoms with E-state index in [0.717, 1.165) is 6.42 Å². The van der Waals surface area contributed by atoms with Crippen LogP contribution in [0.5, 0.6) is 11.5 Å². The third-order valence-corrected chi connectivity index (χ3v) is 2.95. The van der Waals surface area contributed by atoms with Crippen molar-refractivity contribution in [2.24, 2.45) is 0 Å². The first-order valence-corrected chi connectivity index (χ1v) is 6.49. The molecule has 0 bridgehead atoms. The van der Waals surface area contributed by atoms with E-state index in [0.29, 0.717) is 17.4 Å². The summed E-state index contributed by atoms with van der Waals surface area (Å²) in [5, 5.41) is 2.85. The first kappa shape index (κ1) is 13.0. The van der Waals surface area contributed by atoms with E-state index in [-0.39, 0.29) is 18.6 Å². The SMILES string of the molecule is CC(CCCl)NC(=O)C1COc2ccccc2O1. The minimum Gasteiger partial charge on any atom is -0.485 e. The van der Waals surface area contributed by atoms with Crippen LogP contribution in [0, 0.1) is 0 Å². The standard InChI is InChI=1S/C13H16ClNO3/c1-9(6-7-14)15-13(16)12-8-17-10-4-2-3-5-11(10)18-12/h2-5,9,12H,6-8H2,1H3,(H,15,16). The number of hydrogen-bond acceptors (Lipinski definition) is 3. The van der Waals surface area contributed by atoms with Crippen molar-refractivity contribution >= 4 is 17.5 Å². The summed E-state index contributed by atoms with van der Waals surface area (Å²) in [4.78, 5) is 11.9. The van der Waals surface area contributed by atoms with Crippen LogP contribution in [-0.2, 0) is 4.79 Å². The lowest BCUT2D eigenvalue weighted by molar-refractivity contribution is -0.131. The molecule has 0 radical (unpaired) electrons. The number of carbonyl (C=O) groups excluding carboxylic acids is 1. The summed E-state index contributed by atoms with van der Waals surface area (Å²) in [6.07, 6.45) is 0.134. The maximum Gasteiger partial charge on any atom is 0.264 e. The molecule has 1 N–H and O–H groups in total. The molecule has 1 aliphatic heterocycles. The second kappa shape index (κ2) is 5.96. The molecule has 18 heavy (non-hydrogen) atoms. The number of para-hydroxylation sites is 2. The second-order valence-corrected chi connectivity index (χ2v) is 4.63. The highest BCUT2D eigenvalue weighted by Crippen LogP contribution is 2.30. The van der Waals surface area contributed by atoms with Gasteiger partial charge in [-0.05, 0) is 25.5 Å². The van der Waals surface area contributed by atoms with Crippen LogP contribution in [0.4, 0.5) is 0 Å². The van der Waals surface area contributed by atoms with Gasteiger partial charge in [-0.2, -0.15) is 0 Å².